The Kier molecular flexibility index (Phi) is 4.27. The minimum Gasteiger partial charge on any atom is -0.394 e. The van der Waals surface area contributed by atoms with Crippen molar-refractivity contribution in [1.29, 1.82) is 0 Å². The molecular weight excluding hydrogens is 304 g/mol. The molecule has 1 aliphatic rings. The summed E-state index contributed by atoms with van der Waals surface area (Å²) in [6, 6.07) is 2.09. The number of hydrogen-bond donors (Lipinski definition) is 1. The quantitative estimate of drug-likeness (QED) is 0.765. The van der Waals surface area contributed by atoms with Gasteiger partial charge < -0.3 is 5.11 Å². The van der Waals surface area contributed by atoms with Crippen molar-refractivity contribution < 1.29 is 5.11 Å². The molecule has 1 saturated heterocycles. The van der Waals surface area contributed by atoms with Gasteiger partial charge in [-0.15, -0.1) is 0 Å². The van der Waals surface area contributed by atoms with Gasteiger partial charge in [0.2, 0.25) is 0 Å². The predicted octanol–water partition coefficient (Wildman–Crippen LogP) is 1.30. The molecule has 0 unspecified atom stereocenters. The molecule has 3 aromatic heterocycles. The van der Waals surface area contributed by atoms with Crippen LogP contribution >= 0.6 is 0 Å². The number of imidazole rings is 1. The average Bonchev–Trinajstić information content (AvgIpc) is 3.24. The molecule has 0 aromatic carbocycles. The number of aliphatic hydroxyl groups excluding tert-OH is 1. The van der Waals surface area contributed by atoms with Crippen molar-refractivity contribution >= 4 is 5.65 Å². The smallest absolute Gasteiger partial charge is 0.155 e. The average molecular weight is 326 g/mol. The van der Waals surface area contributed by atoms with Crippen molar-refractivity contribution in [1.82, 2.24) is 29.0 Å². The van der Waals surface area contributed by atoms with E-state index in [4.69, 9.17) is 5.11 Å². The maximum absolute atomic E-state index is 9.15. The highest BCUT2D eigenvalue weighted by molar-refractivity contribution is 5.36. The third kappa shape index (κ3) is 2.92. The van der Waals surface area contributed by atoms with E-state index < -0.39 is 0 Å². The molecule has 0 spiro atoms. The Bertz CT molecular complexity index is 802. The van der Waals surface area contributed by atoms with Crippen LogP contribution < -0.4 is 0 Å². The standard InChI is InChI=1S/C17H22N6O/c24-10-9-23-16(1-4-20-23)14-2-6-21(7-3-14)13-15-11-19-17-12-18-5-8-22(15)17/h1,4-5,8,11-12,14,24H,2-3,6-7,9-10,13H2. The van der Waals surface area contributed by atoms with E-state index in [-0.39, 0.29) is 6.61 Å². The van der Waals surface area contributed by atoms with Crippen LogP contribution in [0.4, 0.5) is 0 Å². The first-order valence-corrected chi connectivity index (χ1v) is 8.46. The molecule has 7 nitrogen and oxygen atoms in total. The third-order valence-electron chi connectivity index (χ3n) is 4.85. The minimum atomic E-state index is 0.136. The van der Waals surface area contributed by atoms with Crippen molar-refractivity contribution in [2.75, 3.05) is 19.7 Å². The third-order valence-corrected chi connectivity index (χ3v) is 4.85. The summed E-state index contributed by atoms with van der Waals surface area (Å²) in [4.78, 5) is 11.0. The molecular formula is C17H22N6O. The fraction of sp³-hybridized carbons (Fsp3) is 0.471. The lowest BCUT2D eigenvalue weighted by Gasteiger charge is -2.32. The topological polar surface area (TPSA) is 71.5 Å². The number of aliphatic hydroxyl groups is 1. The zero-order chi connectivity index (χ0) is 16.4. The van der Waals surface area contributed by atoms with Crippen molar-refractivity contribution in [3.05, 3.63) is 48.4 Å². The molecule has 1 fully saturated rings. The lowest BCUT2D eigenvalue weighted by Crippen LogP contribution is -2.33. The summed E-state index contributed by atoms with van der Waals surface area (Å²) in [5.41, 5.74) is 3.36. The maximum atomic E-state index is 9.15. The molecule has 0 aliphatic carbocycles. The molecule has 0 atom stereocenters. The van der Waals surface area contributed by atoms with E-state index in [0.29, 0.717) is 12.5 Å². The second-order valence-corrected chi connectivity index (χ2v) is 6.31. The predicted molar refractivity (Wildman–Crippen MR) is 89.6 cm³/mol. The Morgan fingerprint density at radius 3 is 2.88 bits per heavy atom. The van der Waals surface area contributed by atoms with E-state index in [1.807, 2.05) is 23.3 Å². The van der Waals surface area contributed by atoms with Crippen molar-refractivity contribution in [2.24, 2.45) is 0 Å². The summed E-state index contributed by atoms with van der Waals surface area (Å²) >= 11 is 0. The highest BCUT2D eigenvalue weighted by atomic mass is 16.3. The summed E-state index contributed by atoms with van der Waals surface area (Å²) < 4.78 is 4.05. The molecule has 0 radical (unpaired) electrons. The zero-order valence-corrected chi connectivity index (χ0v) is 13.6. The summed E-state index contributed by atoms with van der Waals surface area (Å²) in [6.07, 6.45) is 11.6. The first-order chi connectivity index (χ1) is 11.8. The zero-order valence-electron chi connectivity index (χ0n) is 13.6. The fourth-order valence-electron chi connectivity index (χ4n) is 3.60. The SMILES string of the molecule is OCCn1nccc1C1CCN(Cc2cnc3cnccn23)CC1. The van der Waals surface area contributed by atoms with Gasteiger partial charge in [0.05, 0.1) is 31.2 Å². The van der Waals surface area contributed by atoms with Crippen molar-refractivity contribution in [3.63, 3.8) is 0 Å². The van der Waals surface area contributed by atoms with Gasteiger partial charge in [0.1, 0.15) is 0 Å². The van der Waals surface area contributed by atoms with Gasteiger partial charge in [0, 0.05) is 36.7 Å². The van der Waals surface area contributed by atoms with Gasteiger partial charge in [-0.05, 0) is 32.0 Å². The molecule has 4 rings (SSSR count). The lowest BCUT2D eigenvalue weighted by molar-refractivity contribution is 0.196. The first kappa shape index (κ1) is 15.3. The number of aromatic nitrogens is 5. The first-order valence-electron chi connectivity index (χ1n) is 8.46. The van der Waals surface area contributed by atoms with Crippen LogP contribution in [0.5, 0.6) is 0 Å². The minimum absolute atomic E-state index is 0.136. The van der Waals surface area contributed by atoms with E-state index in [1.54, 1.807) is 12.4 Å². The number of piperidine rings is 1. The largest absolute Gasteiger partial charge is 0.394 e. The van der Waals surface area contributed by atoms with Gasteiger partial charge in [-0.1, -0.05) is 0 Å². The molecule has 0 amide bonds. The number of likely N-dealkylation sites (tertiary alicyclic amines) is 1. The highest BCUT2D eigenvalue weighted by Gasteiger charge is 2.23. The molecule has 0 saturated carbocycles. The van der Waals surface area contributed by atoms with Crippen LogP contribution in [0.3, 0.4) is 0 Å². The lowest BCUT2D eigenvalue weighted by atomic mass is 9.93. The van der Waals surface area contributed by atoms with Crippen LogP contribution in [0.25, 0.3) is 5.65 Å². The van der Waals surface area contributed by atoms with E-state index in [2.05, 4.69) is 30.4 Å². The Hall–Kier alpha value is -2.25. The van der Waals surface area contributed by atoms with E-state index in [0.717, 1.165) is 38.1 Å². The van der Waals surface area contributed by atoms with Crippen LogP contribution in [-0.2, 0) is 13.1 Å². The molecule has 0 bridgehead atoms. The fourth-order valence-corrected chi connectivity index (χ4v) is 3.60. The summed E-state index contributed by atoms with van der Waals surface area (Å²) in [6.45, 7) is 3.75. The van der Waals surface area contributed by atoms with Crippen LogP contribution in [0.15, 0.2) is 37.1 Å². The van der Waals surface area contributed by atoms with Crippen molar-refractivity contribution in [3.8, 4) is 0 Å². The highest BCUT2D eigenvalue weighted by Crippen LogP contribution is 2.28. The van der Waals surface area contributed by atoms with Gasteiger partial charge >= 0.3 is 0 Å². The maximum Gasteiger partial charge on any atom is 0.155 e. The van der Waals surface area contributed by atoms with E-state index in [1.165, 1.54) is 11.4 Å². The normalized spacial score (nSPS) is 16.9. The molecule has 7 heteroatoms. The Balaban J connectivity index is 1.40. The van der Waals surface area contributed by atoms with Crippen LogP contribution in [0.1, 0.15) is 30.1 Å². The number of hydrogen-bond acceptors (Lipinski definition) is 5. The molecule has 4 heterocycles. The molecule has 3 aromatic rings. The van der Waals surface area contributed by atoms with Crippen LogP contribution in [0, 0.1) is 0 Å². The van der Waals surface area contributed by atoms with Gasteiger partial charge in [0.15, 0.2) is 5.65 Å². The molecule has 126 valence electrons. The number of nitrogens with zero attached hydrogens (tertiary/aromatic N) is 6. The Morgan fingerprint density at radius 2 is 2.04 bits per heavy atom. The van der Waals surface area contributed by atoms with Crippen LogP contribution in [-0.4, -0.2) is 53.9 Å². The Morgan fingerprint density at radius 1 is 1.17 bits per heavy atom. The van der Waals surface area contributed by atoms with Gasteiger partial charge in [-0.3, -0.25) is 19.0 Å². The molecule has 1 aliphatic heterocycles. The second kappa shape index (κ2) is 6.70. The van der Waals surface area contributed by atoms with Gasteiger partial charge in [-0.2, -0.15) is 5.10 Å². The summed E-state index contributed by atoms with van der Waals surface area (Å²) in [5, 5.41) is 13.5. The Labute approximate surface area is 140 Å². The summed E-state index contributed by atoms with van der Waals surface area (Å²) in [5.74, 6) is 0.529. The molecule has 1 N–H and O–H groups in total. The second-order valence-electron chi connectivity index (χ2n) is 6.31. The number of fused-ring (bicyclic) bond motifs is 1. The van der Waals surface area contributed by atoms with Crippen molar-refractivity contribution in [2.45, 2.75) is 31.8 Å². The van der Waals surface area contributed by atoms with E-state index >= 15 is 0 Å². The van der Waals surface area contributed by atoms with Crippen LogP contribution in [0.2, 0.25) is 0 Å². The van der Waals surface area contributed by atoms with E-state index in [9.17, 15) is 0 Å². The van der Waals surface area contributed by atoms with Gasteiger partial charge in [0.25, 0.3) is 0 Å². The number of rotatable bonds is 5. The monoisotopic (exact) mass is 326 g/mol. The summed E-state index contributed by atoms with van der Waals surface area (Å²) in [7, 11) is 0. The molecule has 24 heavy (non-hydrogen) atoms. The van der Waals surface area contributed by atoms with Gasteiger partial charge in [-0.25, -0.2) is 4.98 Å².